The standard InChI is InChI=1S/C22H22ClN3O3/c23-20-13-17(9-10-21(20)29-15-18-8-4-5-11-24-18)25-22(28)26-19(14-27)12-16-6-2-1-3-7-16/h1-11,13,19,27H,12,14-15H2,(H2,25,26,28). The third-order valence-corrected chi connectivity index (χ3v) is 4.47. The summed E-state index contributed by atoms with van der Waals surface area (Å²) in [5, 5.41) is 15.4. The molecule has 150 valence electrons. The second-order valence-corrected chi connectivity index (χ2v) is 6.83. The Balaban J connectivity index is 1.53. The van der Waals surface area contributed by atoms with Gasteiger partial charge in [-0.3, -0.25) is 4.98 Å². The van der Waals surface area contributed by atoms with Crippen LogP contribution in [-0.4, -0.2) is 28.8 Å². The van der Waals surface area contributed by atoms with Gasteiger partial charge in [0, 0.05) is 11.9 Å². The first-order valence-electron chi connectivity index (χ1n) is 9.18. The number of amides is 2. The van der Waals surface area contributed by atoms with E-state index >= 15 is 0 Å². The van der Waals surface area contributed by atoms with Gasteiger partial charge in [0.05, 0.1) is 23.4 Å². The van der Waals surface area contributed by atoms with E-state index in [1.54, 1.807) is 24.4 Å². The topological polar surface area (TPSA) is 83.5 Å². The van der Waals surface area contributed by atoms with Gasteiger partial charge in [-0.1, -0.05) is 48.0 Å². The Morgan fingerprint density at radius 1 is 1.10 bits per heavy atom. The quantitative estimate of drug-likeness (QED) is 0.522. The van der Waals surface area contributed by atoms with E-state index in [-0.39, 0.29) is 6.61 Å². The van der Waals surface area contributed by atoms with Crippen LogP contribution >= 0.6 is 11.6 Å². The summed E-state index contributed by atoms with van der Waals surface area (Å²) >= 11 is 6.26. The van der Waals surface area contributed by atoms with E-state index < -0.39 is 12.1 Å². The third kappa shape index (κ3) is 6.48. The zero-order valence-corrected chi connectivity index (χ0v) is 16.5. The molecule has 2 amide bonds. The lowest BCUT2D eigenvalue weighted by molar-refractivity contribution is 0.224. The minimum atomic E-state index is -0.418. The maximum atomic E-state index is 12.3. The molecule has 0 aliphatic carbocycles. The number of aliphatic hydroxyl groups is 1. The molecule has 0 radical (unpaired) electrons. The monoisotopic (exact) mass is 411 g/mol. The molecule has 0 saturated carbocycles. The summed E-state index contributed by atoms with van der Waals surface area (Å²) < 4.78 is 5.68. The summed E-state index contributed by atoms with van der Waals surface area (Å²) in [4.78, 5) is 16.5. The summed E-state index contributed by atoms with van der Waals surface area (Å²) in [7, 11) is 0. The van der Waals surface area contributed by atoms with Crippen molar-refractivity contribution in [1.82, 2.24) is 10.3 Å². The smallest absolute Gasteiger partial charge is 0.319 e. The van der Waals surface area contributed by atoms with Crippen LogP contribution in [0, 0.1) is 0 Å². The van der Waals surface area contributed by atoms with E-state index in [1.165, 1.54) is 0 Å². The Labute approximate surface area is 174 Å². The number of pyridine rings is 1. The first-order chi connectivity index (χ1) is 14.1. The molecule has 1 aromatic heterocycles. The van der Waals surface area contributed by atoms with E-state index in [0.29, 0.717) is 29.5 Å². The van der Waals surface area contributed by atoms with Gasteiger partial charge in [-0.15, -0.1) is 0 Å². The Morgan fingerprint density at radius 3 is 2.59 bits per heavy atom. The molecule has 2 aromatic carbocycles. The van der Waals surface area contributed by atoms with Crippen LogP contribution in [0.1, 0.15) is 11.3 Å². The molecule has 0 fully saturated rings. The number of nitrogens with zero attached hydrogens (tertiary/aromatic N) is 1. The number of rotatable bonds is 8. The molecule has 3 aromatic rings. The van der Waals surface area contributed by atoms with Crippen molar-refractivity contribution in [2.24, 2.45) is 0 Å². The lowest BCUT2D eigenvalue weighted by atomic mass is 10.1. The summed E-state index contributed by atoms with van der Waals surface area (Å²) in [6.07, 6.45) is 2.23. The number of halogens is 1. The molecule has 6 nitrogen and oxygen atoms in total. The Hall–Kier alpha value is -3.09. The molecule has 3 N–H and O–H groups in total. The molecule has 0 aliphatic rings. The molecule has 1 unspecified atom stereocenters. The van der Waals surface area contributed by atoms with Crippen LogP contribution < -0.4 is 15.4 Å². The highest BCUT2D eigenvalue weighted by atomic mass is 35.5. The van der Waals surface area contributed by atoms with Crippen molar-refractivity contribution < 1.29 is 14.6 Å². The van der Waals surface area contributed by atoms with E-state index in [4.69, 9.17) is 16.3 Å². The average molecular weight is 412 g/mol. The summed E-state index contributed by atoms with van der Waals surface area (Å²) in [6.45, 7) is 0.134. The number of anilines is 1. The number of aliphatic hydroxyl groups excluding tert-OH is 1. The molecule has 0 spiro atoms. The molecule has 29 heavy (non-hydrogen) atoms. The van der Waals surface area contributed by atoms with Crippen LogP contribution in [0.4, 0.5) is 10.5 Å². The second kappa shape index (κ2) is 10.5. The van der Waals surface area contributed by atoms with Crippen molar-refractivity contribution in [2.45, 2.75) is 19.1 Å². The van der Waals surface area contributed by atoms with Crippen LogP contribution in [0.2, 0.25) is 5.02 Å². The highest BCUT2D eigenvalue weighted by Gasteiger charge is 2.13. The normalized spacial score (nSPS) is 11.5. The number of nitrogens with one attached hydrogen (secondary N) is 2. The largest absolute Gasteiger partial charge is 0.486 e. The number of hydrogen-bond acceptors (Lipinski definition) is 4. The second-order valence-electron chi connectivity index (χ2n) is 6.42. The van der Waals surface area contributed by atoms with Gasteiger partial charge in [0.2, 0.25) is 0 Å². The van der Waals surface area contributed by atoms with Gasteiger partial charge in [-0.2, -0.15) is 0 Å². The lowest BCUT2D eigenvalue weighted by Crippen LogP contribution is -2.41. The van der Waals surface area contributed by atoms with Gasteiger partial charge in [-0.05, 0) is 42.3 Å². The van der Waals surface area contributed by atoms with Crippen LogP contribution in [0.25, 0.3) is 0 Å². The third-order valence-electron chi connectivity index (χ3n) is 4.17. The van der Waals surface area contributed by atoms with Gasteiger partial charge in [-0.25, -0.2) is 4.79 Å². The molecule has 1 heterocycles. The number of urea groups is 1. The van der Waals surface area contributed by atoms with Crippen molar-refractivity contribution in [1.29, 1.82) is 0 Å². The molecule has 0 aliphatic heterocycles. The molecule has 1 atom stereocenters. The molecular weight excluding hydrogens is 390 g/mol. The van der Waals surface area contributed by atoms with Crippen LogP contribution in [-0.2, 0) is 13.0 Å². The van der Waals surface area contributed by atoms with Crippen LogP contribution in [0.15, 0.2) is 72.9 Å². The summed E-state index contributed by atoms with van der Waals surface area (Å²) in [5.41, 5.74) is 2.34. The summed E-state index contributed by atoms with van der Waals surface area (Å²) in [5.74, 6) is 0.501. The fraction of sp³-hybridized carbons (Fsp3) is 0.182. The lowest BCUT2D eigenvalue weighted by Gasteiger charge is -2.17. The molecular formula is C22H22ClN3O3. The number of hydrogen-bond donors (Lipinski definition) is 3. The molecule has 7 heteroatoms. The van der Waals surface area contributed by atoms with Gasteiger partial charge < -0.3 is 20.5 Å². The maximum absolute atomic E-state index is 12.3. The van der Waals surface area contributed by atoms with Gasteiger partial charge in [0.25, 0.3) is 0 Å². The van der Waals surface area contributed by atoms with Gasteiger partial charge in [0.1, 0.15) is 12.4 Å². The van der Waals surface area contributed by atoms with Gasteiger partial charge in [0.15, 0.2) is 0 Å². The van der Waals surface area contributed by atoms with E-state index in [9.17, 15) is 9.90 Å². The van der Waals surface area contributed by atoms with E-state index in [2.05, 4.69) is 15.6 Å². The van der Waals surface area contributed by atoms with Gasteiger partial charge >= 0.3 is 6.03 Å². The maximum Gasteiger partial charge on any atom is 0.319 e. The van der Waals surface area contributed by atoms with Crippen molar-refractivity contribution >= 4 is 23.3 Å². The fourth-order valence-corrected chi connectivity index (χ4v) is 2.98. The van der Waals surface area contributed by atoms with Crippen molar-refractivity contribution in [3.05, 3.63) is 89.2 Å². The Kier molecular flexibility index (Phi) is 7.44. The first kappa shape index (κ1) is 20.6. The fourth-order valence-electron chi connectivity index (χ4n) is 2.74. The van der Waals surface area contributed by atoms with Crippen LogP contribution in [0.5, 0.6) is 5.75 Å². The number of aromatic nitrogens is 1. The van der Waals surface area contributed by atoms with E-state index in [0.717, 1.165) is 11.3 Å². The number of carbonyl (C=O) groups is 1. The van der Waals surface area contributed by atoms with E-state index in [1.807, 2.05) is 48.5 Å². The van der Waals surface area contributed by atoms with Crippen molar-refractivity contribution in [3.8, 4) is 5.75 Å². The predicted molar refractivity (Wildman–Crippen MR) is 113 cm³/mol. The van der Waals surface area contributed by atoms with Crippen LogP contribution in [0.3, 0.4) is 0 Å². The zero-order chi connectivity index (χ0) is 20.5. The minimum absolute atomic E-state index is 0.163. The Bertz CT molecular complexity index is 923. The minimum Gasteiger partial charge on any atom is -0.486 e. The molecule has 0 saturated heterocycles. The highest BCUT2D eigenvalue weighted by Crippen LogP contribution is 2.28. The van der Waals surface area contributed by atoms with Crippen molar-refractivity contribution in [3.63, 3.8) is 0 Å². The zero-order valence-electron chi connectivity index (χ0n) is 15.7. The SMILES string of the molecule is O=C(Nc1ccc(OCc2ccccn2)c(Cl)c1)NC(CO)Cc1ccccc1. The highest BCUT2D eigenvalue weighted by molar-refractivity contribution is 6.32. The number of carbonyl (C=O) groups excluding carboxylic acids is 1. The first-order valence-corrected chi connectivity index (χ1v) is 9.56. The molecule has 0 bridgehead atoms. The predicted octanol–water partition coefficient (Wildman–Crippen LogP) is 4.04. The number of benzene rings is 2. The summed E-state index contributed by atoms with van der Waals surface area (Å²) in [6, 6.07) is 19.4. The van der Waals surface area contributed by atoms with Crippen molar-refractivity contribution in [2.75, 3.05) is 11.9 Å². The Morgan fingerprint density at radius 2 is 1.90 bits per heavy atom. The number of ether oxygens (including phenoxy) is 1. The average Bonchev–Trinajstić information content (AvgIpc) is 2.74. The molecule has 3 rings (SSSR count).